The first-order valence-electron chi connectivity index (χ1n) is 4.33. The third-order valence-corrected chi connectivity index (χ3v) is 0.393. The molecule has 14 heavy (non-hydrogen) atoms. The molecule has 0 aliphatic heterocycles. The van der Waals surface area contributed by atoms with Crippen molar-refractivity contribution in [2.45, 2.75) is 45.5 Å². The number of carboxylic acids is 1. The van der Waals surface area contributed by atoms with Gasteiger partial charge in [0.2, 0.25) is 0 Å². The molecule has 0 saturated heterocycles. The number of carbonyl (C=O) groups excluding carboxylic acids is 2. The molecule has 0 aromatic carbocycles. The summed E-state index contributed by atoms with van der Waals surface area (Å²) < 4.78 is 0. The molecular formula is C9H17AlO4. The minimum absolute atomic E-state index is 0.375. The van der Waals surface area contributed by atoms with Crippen LogP contribution < -0.4 is 10.2 Å². The fourth-order valence-corrected chi connectivity index (χ4v) is 0.203. The Morgan fingerprint density at radius 1 is 1.36 bits per heavy atom. The fourth-order valence-electron chi connectivity index (χ4n) is 0.203. The van der Waals surface area contributed by atoms with Crippen molar-refractivity contribution in [3.8, 4) is 0 Å². The van der Waals surface area contributed by atoms with Crippen molar-refractivity contribution >= 4 is 28.0 Å². The first-order chi connectivity index (χ1) is 6.27. The zero-order chi connectivity index (χ0) is 12.1. The van der Waals surface area contributed by atoms with Gasteiger partial charge in [0.1, 0.15) is 5.78 Å². The van der Waals surface area contributed by atoms with Gasteiger partial charge in [0.05, 0.1) is 0 Å². The van der Waals surface area contributed by atoms with Crippen molar-refractivity contribution in [2.75, 3.05) is 0 Å². The molecule has 0 heterocycles. The number of hydrogen-bond donors (Lipinski definition) is 0. The molecule has 0 bridgehead atoms. The third kappa shape index (κ3) is 99.7. The first kappa shape index (κ1) is 19.2. The Hall–Kier alpha value is -0.368. The molecular weight excluding hydrogens is 199 g/mol. The Kier molecular flexibility index (Phi) is 20.8. The van der Waals surface area contributed by atoms with E-state index >= 15 is 0 Å². The summed E-state index contributed by atoms with van der Waals surface area (Å²) in [7, 11) is 0. The predicted octanol–water partition coefficient (Wildman–Crippen LogP) is -0.936. The van der Waals surface area contributed by atoms with Gasteiger partial charge >= 0.3 is 28.5 Å². The van der Waals surface area contributed by atoms with E-state index in [1.807, 2.05) is 0 Å². The molecule has 0 aromatic heterocycles. The van der Waals surface area contributed by atoms with Crippen LogP contribution in [0.5, 0.6) is 0 Å². The van der Waals surface area contributed by atoms with Gasteiger partial charge in [0.25, 0.3) is 0 Å². The molecule has 4 nitrogen and oxygen atoms in total. The Bertz CT molecular complexity index is 131. The molecule has 0 rings (SSSR count). The maximum atomic E-state index is 9.83. The third-order valence-electron chi connectivity index (χ3n) is 0.393. The van der Waals surface area contributed by atoms with Crippen LogP contribution in [0.3, 0.4) is 0 Å². The quantitative estimate of drug-likeness (QED) is 0.441. The zero-order valence-corrected chi connectivity index (χ0v) is 10.4. The Balaban J connectivity index is -0.000000147. The molecule has 80 valence electrons. The monoisotopic (exact) mass is 216 g/mol. The summed E-state index contributed by atoms with van der Waals surface area (Å²) in [5.74, 6) is -1.69. The average Bonchev–Trinajstić information content (AvgIpc) is 1.82. The molecule has 0 N–H and O–H groups in total. The fraction of sp³-hybridized carbons (Fsp3) is 0.778. The number of carbonyl (C=O) groups is 2. The summed E-state index contributed by atoms with van der Waals surface area (Å²) >= 11 is 2.58. The SMILES string of the molecule is CC(=O)CC(=O)[O-].CC(C)[O-].C[CH2][Al+2]. The first-order valence-corrected chi connectivity index (χ1v) is 5.14. The molecule has 0 radical (unpaired) electrons. The zero-order valence-electron chi connectivity index (χ0n) is 9.20. The van der Waals surface area contributed by atoms with Gasteiger partial charge in [-0.05, 0) is 6.92 Å². The van der Waals surface area contributed by atoms with Gasteiger partial charge in [-0.15, -0.1) is 6.10 Å². The van der Waals surface area contributed by atoms with E-state index in [1.165, 1.54) is 12.2 Å². The number of ketones is 1. The second-order valence-corrected chi connectivity index (χ2v) is 3.52. The predicted molar refractivity (Wildman–Crippen MR) is 51.7 cm³/mol. The van der Waals surface area contributed by atoms with Gasteiger partial charge in [-0.2, -0.15) is 0 Å². The van der Waals surface area contributed by atoms with Crippen molar-refractivity contribution in [3.63, 3.8) is 0 Å². The van der Waals surface area contributed by atoms with Gasteiger partial charge < -0.3 is 15.0 Å². The number of hydrogen-bond acceptors (Lipinski definition) is 4. The van der Waals surface area contributed by atoms with Crippen molar-refractivity contribution in [3.05, 3.63) is 0 Å². The number of aliphatic carboxylic acids is 1. The number of carboxylic acid groups (broad SMARTS) is 1. The number of Topliss-reactive ketones (excluding diaryl/α,β-unsaturated/α-hetero) is 1. The summed E-state index contributed by atoms with van der Waals surface area (Å²) in [4.78, 5) is 19.3. The standard InChI is InChI=1S/C4H6O3.C3H7O.C2H5.Al/c1-3(5)2-4(6)7;1-3(2)4;1-2;/h2H2,1H3,(H,6,7);3H,1-2H3;1H2,2H3;/q;-1;;+2/p-1. The molecule has 0 fully saturated rings. The summed E-state index contributed by atoms with van der Waals surface area (Å²) in [5, 5.41) is 20.2. The minimum atomic E-state index is -1.31. The molecule has 5 heteroatoms. The Labute approximate surface area is 93.7 Å². The van der Waals surface area contributed by atoms with Crippen molar-refractivity contribution in [1.82, 2.24) is 0 Å². The van der Waals surface area contributed by atoms with E-state index in [2.05, 4.69) is 23.2 Å². The maximum absolute atomic E-state index is 9.83. The summed E-state index contributed by atoms with van der Waals surface area (Å²) in [6.45, 7) is 6.51. The molecule has 0 aromatic rings. The van der Waals surface area contributed by atoms with E-state index in [-0.39, 0.29) is 5.78 Å². The van der Waals surface area contributed by atoms with Crippen LogP contribution in [-0.2, 0) is 9.59 Å². The number of rotatable bonds is 2. The van der Waals surface area contributed by atoms with Gasteiger partial charge in [-0.3, -0.25) is 4.79 Å². The summed E-state index contributed by atoms with van der Waals surface area (Å²) in [6, 6.07) is 0. The van der Waals surface area contributed by atoms with Gasteiger partial charge in [0.15, 0.2) is 0 Å². The molecule has 0 saturated carbocycles. The van der Waals surface area contributed by atoms with Gasteiger partial charge in [0, 0.05) is 12.4 Å². The van der Waals surface area contributed by atoms with Crippen LogP contribution in [0.1, 0.15) is 34.1 Å². The second-order valence-electron chi connectivity index (χ2n) is 2.71. The second kappa shape index (κ2) is 15.1. The normalized spacial score (nSPS) is 8.00. The average molecular weight is 216 g/mol. The van der Waals surface area contributed by atoms with E-state index in [0.717, 1.165) is 0 Å². The Morgan fingerprint density at radius 2 is 1.57 bits per heavy atom. The van der Waals surface area contributed by atoms with Crippen molar-refractivity contribution < 1.29 is 19.8 Å². The molecule has 0 atom stereocenters. The van der Waals surface area contributed by atoms with Crippen LogP contribution in [0, 0.1) is 0 Å². The molecule has 0 amide bonds. The molecule has 0 spiro atoms. The van der Waals surface area contributed by atoms with E-state index in [9.17, 15) is 19.8 Å². The molecule has 0 unspecified atom stereocenters. The molecule has 0 aliphatic carbocycles. The van der Waals surface area contributed by atoms with Crippen LogP contribution in [0.4, 0.5) is 0 Å². The van der Waals surface area contributed by atoms with Crippen LogP contribution in [0.25, 0.3) is 0 Å². The van der Waals surface area contributed by atoms with Crippen LogP contribution >= 0.6 is 0 Å². The summed E-state index contributed by atoms with van der Waals surface area (Å²) in [5.41, 5.74) is 0. The van der Waals surface area contributed by atoms with Crippen LogP contribution in [-0.4, -0.2) is 34.1 Å². The van der Waals surface area contributed by atoms with Crippen molar-refractivity contribution in [2.24, 2.45) is 0 Å². The van der Waals surface area contributed by atoms with Gasteiger partial charge in [-0.25, -0.2) is 0 Å². The van der Waals surface area contributed by atoms with Crippen LogP contribution in [0.2, 0.25) is 5.28 Å². The topological polar surface area (TPSA) is 80.3 Å². The van der Waals surface area contributed by atoms with Gasteiger partial charge in [-0.1, -0.05) is 13.8 Å². The Morgan fingerprint density at radius 3 is 1.57 bits per heavy atom. The van der Waals surface area contributed by atoms with Crippen LogP contribution in [0.15, 0.2) is 0 Å². The summed E-state index contributed by atoms with van der Waals surface area (Å²) in [6.07, 6.45) is -0.889. The van der Waals surface area contributed by atoms with E-state index in [4.69, 9.17) is 0 Å². The van der Waals surface area contributed by atoms with Crippen molar-refractivity contribution in [1.29, 1.82) is 0 Å². The van der Waals surface area contributed by atoms with E-state index < -0.39 is 18.5 Å². The molecule has 0 aliphatic rings. The van der Waals surface area contributed by atoms with E-state index in [1.54, 1.807) is 13.8 Å². The van der Waals surface area contributed by atoms with E-state index in [0.29, 0.717) is 0 Å².